The Kier molecular flexibility index (Phi) is 3.86. The Morgan fingerprint density at radius 3 is 2.67 bits per heavy atom. The molecule has 140 valence electrons. The molecule has 5 rings (SSSR count). The van der Waals surface area contributed by atoms with E-state index < -0.39 is 5.41 Å². The minimum Gasteiger partial charge on any atom is -0.474 e. The van der Waals surface area contributed by atoms with Gasteiger partial charge in [0.25, 0.3) is 0 Å². The van der Waals surface area contributed by atoms with Crippen LogP contribution < -0.4 is 9.64 Å². The Morgan fingerprint density at radius 2 is 2.00 bits per heavy atom. The molecule has 2 fully saturated rings. The van der Waals surface area contributed by atoms with Crippen LogP contribution >= 0.6 is 0 Å². The predicted octanol–water partition coefficient (Wildman–Crippen LogP) is 2.13. The fourth-order valence-corrected chi connectivity index (χ4v) is 4.40. The largest absolute Gasteiger partial charge is 0.474 e. The summed E-state index contributed by atoms with van der Waals surface area (Å²) in [6, 6.07) is 5.79. The third-order valence-corrected chi connectivity index (χ3v) is 6.02. The standard InChI is InChI=1S/C20H22N4O3/c25-12-16-22-11-15-18(23-16)24(19(26)20(15)8-9-20)13-4-6-14(7-5-13)27-17-3-1-2-10-21-17/h1-3,10-11,13-14,25H,4-9,12H2. The average molecular weight is 366 g/mol. The van der Waals surface area contributed by atoms with Crippen LogP contribution in [0, 0.1) is 0 Å². The summed E-state index contributed by atoms with van der Waals surface area (Å²) in [5, 5.41) is 9.40. The number of nitrogens with zero attached hydrogens (tertiary/aromatic N) is 4. The van der Waals surface area contributed by atoms with Crippen molar-refractivity contribution >= 4 is 11.7 Å². The molecule has 1 spiro atoms. The second-order valence-corrected chi connectivity index (χ2v) is 7.66. The SMILES string of the molecule is O=C1N(C2CCC(Oc3ccccn3)CC2)c2nc(CO)ncc2C12CC2. The van der Waals surface area contributed by atoms with Crippen molar-refractivity contribution in [1.82, 2.24) is 15.0 Å². The van der Waals surface area contributed by atoms with Gasteiger partial charge in [0.15, 0.2) is 5.82 Å². The van der Waals surface area contributed by atoms with Gasteiger partial charge in [-0.05, 0) is 44.6 Å². The molecule has 2 aromatic rings. The van der Waals surface area contributed by atoms with Crippen LogP contribution in [0.2, 0.25) is 0 Å². The molecule has 2 aromatic heterocycles. The van der Waals surface area contributed by atoms with E-state index >= 15 is 0 Å². The van der Waals surface area contributed by atoms with Crippen LogP contribution in [-0.2, 0) is 16.8 Å². The lowest BCUT2D eigenvalue weighted by atomic mass is 9.91. The van der Waals surface area contributed by atoms with Gasteiger partial charge in [-0.1, -0.05) is 6.07 Å². The molecular formula is C20H22N4O3. The third kappa shape index (κ3) is 2.68. The first-order chi connectivity index (χ1) is 13.2. The van der Waals surface area contributed by atoms with E-state index in [-0.39, 0.29) is 24.7 Å². The van der Waals surface area contributed by atoms with Gasteiger partial charge in [0.1, 0.15) is 18.5 Å². The van der Waals surface area contributed by atoms with Crippen LogP contribution in [0.25, 0.3) is 0 Å². The van der Waals surface area contributed by atoms with Crippen molar-refractivity contribution in [2.75, 3.05) is 4.90 Å². The average Bonchev–Trinajstić information content (AvgIpc) is 3.48. The van der Waals surface area contributed by atoms with Crippen LogP contribution in [0.5, 0.6) is 5.88 Å². The minimum absolute atomic E-state index is 0.126. The Bertz CT molecular complexity index is 861. The zero-order chi connectivity index (χ0) is 18.4. The van der Waals surface area contributed by atoms with E-state index in [4.69, 9.17) is 4.74 Å². The van der Waals surface area contributed by atoms with Crippen molar-refractivity contribution in [3.63, 3.8) is 0 Å². The van der Waals surface area contributed by atoms with Crippen molar-refractivity contribution in [3.8, 4) is 5.88 Å². The van der Waals surface area contributed by atoms with E-state index in [0.717, 1.165) is 44.1 Å². The quantitative estimate of drug-likeness (QED) is 0.892. The highest BCUT2D eigenvalue weighted by molar-refractivity contribution is 6.09. The van der Waals surface area contributed by atoms with Crippen molar-refractivity contribution < 1.29 is 14.6 Å². The van der Waals surface area contributed by atoms with Crippen molar-refractivity contribution in [1.29, 1.82) is 0 Å². The molecule has 0 unspecified atom stereocenters. The molecule has 0 radical (unpaired) electrons. The summed E-state index contributed by atoms with van der Waals surface area (Å²) in [7, 11) is 0. The summed E-state index contributed by atoms with van der Waals surface area (Å²) >= 11 is 0. The molecule has 3 aliphatic rings. The molecule has 1 amide bonds. The van der Waals surface area contributed by atoms with Gasteiger partial charge in [-0.15, -0.1) is 0 Å². The molecule has 1 aliphatic heterocycles. The number of aliphatic hydroxyl groups excluding tert-OH is 1. The van der Waals surface area contributed by atoms with Crippen molar-refractivity contribution in [2.45, 2.75) is 62.7 Å². The summed E-state index contributed by atoms with van der Waals surface area (Å²) in [5.74, 6) is 1.90. The maximum atomic E-state index is 13.2. The molecule has 7 heteroatoms. The number of hydrogen-bond donors (Lipinski definition) is 1. The number of hydrogen-bond acceptors (Lipinski definition) is 6. The second kappa shape index (κ2) is 6.27. The van der Waals surface area contributed by atoms with Crippen LogP contribution in [0.1, 0.15) is 49.9 Å². The van der Waals surface area contributed by atoms with Gasteiger partial charge in [0, 0.05) is 30.1 Å². The molecule has 3 heterocycles. The zero-order valence-corrected chi connectivity index (χ0v) is 15.0. The number of ether oxygens (including phenoxy) is 1. The highest BCUT2D eigenvalue weighted by Gasteiger charge is 2.61. The first kappa shape index (κ1) is 16.6. The summed E-state index contributed by atoms with van der Waals surface area (Å²) in [6.45, 7) is -0.215. The molecule has 0 atom stereocenters. The summed E-state index contributed by atoms with van der Waals surface area (Å²) < 4.78 is 5.98. The Hall–Kier alpha value is -2.54. The lowest BCUT2D eigenvalue weighted by molar-refractivity contribution is -0.120. The van der Waals surface area contributed by atoms with E-state index in [1.807, 2.05) is 23.1 Å². The smallest absolute Gasteiger partial charge is 0.239 e. The van der Waals surface area contributed by atoms with Crippen LogP contribution in [0.15, 0.2) is 30.6 Å². The van der Waals surface area contributed by atoms with E-state index in [1.54, 1.807) is 12.4 Å². The van der Waals surface area contributed by atoms with Gasteiger partial charge in [-0.3, -0.25) is 9.69 Å². The van der Waals surface area contributed by atoms with E-state index in [1.165, 1.54) is 0 Å². The topological polar surface area (TPSA) is 88.4 Å². The molecule has 0 saturated heterocycles. The fraction of sp³-hybridized carbons (Fsp3) is 0.500. The molecule has 2 saturated carbocycles. The fourth-order valence-electron chi connectivity index (χ4n) is 4.40. The monoisotopic (exact) mass is 366 g/mol. The number of fused-ring (bicyclic) bond motifs is 2. The van der Waals surface area contributed by atoms with Crippen molar-refractivity contribution in [2.24, 2.45) is 0 Å². The number of anilines is 1. The first-order valence-electron chi connectivity index (χ1n) is 9.60. The minimum atomic E-state index is -0.398. The predicted molar refractivity (Wildman–Crippen MR) is 97.3 cm³/mol. The molecule has 27 heavy (non-hydrogen) atoms. The Labute approximate surface area is 157 Å². The van der Waals surface area contributed by atoms with Gasteiger partial charge < -0.3 is 9.84 Å². The van der Waals surface area contributed by atoms with Gasteiger partial charge in [-0.25, -0.2) is 15.0 Å². The van der Waals surface area contributed by atoms with Crippen molar-refractivity contribution in [3.05, 3.63) is 42.0 Å². The molecule has 1 N–H and O–H groups in total. The van der Waals surface area contributed by atoms with Crippen LogP contribution in [-0.4, -0.2) is 38.1 Å². The number of carbonyl (C=O) groups excluding carboxylic acids is 1. The van der Waals surface area contributed by atoms with Gasteiger partial charge in [-0.2, -0.15) is 0 Å². The molecule has 0 bridgehead atoms. The molecule has 7 nitrogen and oxygen atoms in total. The normalized spacial score (nSPS) is 25.5. The summed E-state index contributed by atoms with van der Waals surface area (Å²) in [6.07, 6.45) is 8.85. The Balaban J connectivity index is 1.33. The maximum Gasteiger partial charge on any atom is 0.239 e. The van der Waals surface area contributed by atoms with E-state index in [0.29, 0.717) is 17.5 Å². The van der Waals surface area contributed by atoms with Gasteiger partial charge >= 0.3 is 0 Å². The number of pyridine rings is 1. The summed E-state index contributed by atoms with van der Waals surface area (Å²) in [5.41, 5.74) is 0.543. The van der Waals surface area contributed by atoms with E-state index in [9.17, 15) is 9.90 Å². The van der Waals surface area contributed by atoms with Crippen LogP contribution in [0.4, 0.5) is 5.82 Å². The maximum absolute atomic E-state index is 13.2. The molecule has 2 aliphatic carbocycles. The lowest BCUT2D eigenvalue weighted by Gasteiger charge is -2.34. The highest BCUT2D eigenvalue weighted by Crippen LogP contribution is 2.57. The highest BCUT2D eigenvalue weighted by atomic mass is 16.5. The number of aliphatic hydroxyl groups is 1. The first-order valence-corrected chi connectivity index (χ1v) is 9.60. The number of carbonyl (C=O) groups is 1. The van der Waals surface area contributed by atoms with Gasteiger partial charge in [0.2, 0.25) is 11.8 Å². The zero-order valence-electron chi connectivity index (χ0n) is 15.0. The molecular weight excluding hydrogens is 344 g/mol. The number of amides is 1. The summed E-state index contributed by atoms with van der Waals surface area (Å²) in [4.78, 5) is 28.0. The Morgan fingerprint density at radius 1 is 1.19 bits per heavy atom. The second-order valence-electron chi connectivity index (χ2n) is 7.66. The number of rotatable bonds is 4. The van der Waals surface area contributed by atoms with E-state index in [2.05, 4.69) is 15.0 Å². The van der Waals surface area contributed by atoms with Crippen LogP contribution in [0.3, 0.4) is 0 Å². The molecule has 0 aromatic carbocycles. The lowest BCUT2D eigenvalue weighted by Crippen LogP contribution is -2.44. The van der Waals surface area contributed by atoms with Gasteiger partial charge in [0.05, 0.1) is 5.41 Å². The number of aromatic nitrogens is 3. The third-order valence-electron chi connectivity index (χ3n) is 6.02.